The smallest absolute Gasteiger partial charge is 0.305 e. The van der Waals surface area contributed by atoms with E-state index in [1.54, 1.807) is 12.1 Å². The molecule has 0 aliphatic heterocycles. The second kappa shape index (κ2) is 4.20. The molecule has 4 nitrogen and oxygen atoms in total. The highest BCUT2D eigenvalue weighted by atomic mass is 35.5. The van der Waals surface area contributed by atoms with Gasteiger partial charge in [-0.15, -0.1) is 0 Å². The zero-order chi connectivity index (χ0) is 9.84. The fourth-order valence-electron chi connectivity index (χ4n) is 0.956. The molecule has 70 valence electrons. The summed E-state index contributed by atoms with van der Waals surface area (Å²) in [6.07, 6.45) is 1.36. The number of hydrogen-bond donors (Lipinski definition) is 2. The molecule has 5 heteroatoms. The Hall–Kier alpha value is -1.13. The fraction of sp³-hybridized carbons (Fsp3) is 0.250. The molecule has 0 saturated carbocycles. The molecule has 0 aliphatic rings. The average molecular weight is 201 g/mol. The van der Waals surface area contributed by atoms with E-state index in [9.17, 15) is 4.79 Å². The number of nitrogens with zero attached hydrogens (tertiary/aromatic N) is 1. The van der Waals surface area contributed by atoms with Crippen molar-refractivity contribution in [3.63, 3.8) is 0 Å². The van der Waals surface area contributed by atoms with Gasteiger partial charge in [0.2, 0.25) is 0 Å². The van der Waals surface area contributed by atoms with Crippen molar-refractivity contribution in [1.29, 1.82) is 0 Å². The lowest BCUT2D eigenvalue weighted by molar-refractivity contribution is -0.137. The van der Waals surface area contributed by atoms with Crippen LogP contribution < -0.4 is 5.73 Å². The minimum Gasteiger partial charge on any atom is -0.481 e. The third-order valence-electron chi connectivity index (χ3n) is 1.53. The quantitative estimate of drug-likeness (QED) is 0.769. The Morgan fingerprint density at radius 1 is 1.77 bits per heavy atom. The van der Waals surface area contributed by atoms with E-state index in [1.165, 1.54) is 6.20 Å². The number of carbonyl (C=O) groups is 1. The minimum atomic E-state index is -0.964. The summed E-state index contributed by atoms with van der Waals surface area (Å²) >= 11 is 5.77. The molecule has 0 aromatic carbocycles. The van der Waals surface area contributed by atoms with E-state index in [4.69, 9.17) is 22.4 Å². The summed E-state index contributed by atoms with van der Waals surface area (Å²) in [6, 6.07) is 2.65. The third kappa shape index (κ3) is 2.68. The minimum absolute atomic E-state index is 0.170. The fourth-order valence-corrected chi connectivity index (χ4v) is 1.22. The number of carboxylic acid groups (broad SMARTS) is 1. The first-order chi connectivity index (χ1) is 6.11. The Balaban J connectivity index is 2.82. The van der Waals surface area contributed by atoms with Gasteiger partial charge in [-0.25, -0.2) is 0 Å². The second-order valence-electron chi connectivity index (χ2n) is 2.57. The molecule has 1 heterocycles. The monoisotopic (exact) mass is 200 g/mol. The molecule has 1 unspecified atom stereocenters. The number of rotatable bonds is 3. The van der Waals surface area contributed by atoms with Crippen molar-refractivity contribution < 1.29 is 9.90 Å². The van der Waals surface area contributed by atoms with Crippen LogP contribution in [0.3, 0.4) is 0 Å². The predicted molar refractivity (Wildman–Crippen MR) is 48.4 cm³/mol. The number of halogens is 1. The van der Waals surface area contributed by atoms with E-state index in [1.807, 2.05) is 0 Å². The summed E-state index contributed by atoms with van der Waals surface area (Å²) in [7, 11) is 0. The van der Waals surface area contributed by atoms with E-state index < -0.39 is 12.0 Å². The van der Waals surface area contributed by atoms with Crippen LogP contribution in [0.15, 0.2) is 18.3 Å². The van der Waals surface area contributed by atoms with Crippen LogP contribution in [0, 0.1) is 0 Å². The highest BCUT2D eigenvalue weighted by molar-refractivity contribution is 6.31. The number of aromatic nitrogens is 1. The lowest BCUT2D eigenvalue weighted by Crippen LogP contribution is -2.16. The number of hydrogen-bond acceptors (Lipinski definition) is 3. The summed E-state index contributed by atoms with van der Waals surface area (Å²) in [6.45, 7) is 0. The molecule has 0 amide bonds. The zero-order valence-electron chi connectivity index (χ0n) is 6.77. The van der Waals surface area contributed by atoms with Crippen molar-refractivity contribution >= 4 is 17.6 Å². The molecule has 13 heavy (non-hydrogen) atoms. The van der Waals surface area contributed by atoms with Crippen LogP contribution in [0.25, 0.3) is 0 Å². The Labute approximate surface area is 80.3 Å². The lowest BCUT2D eigenvalue weighted by atomic mass is 10.1. The van der Waals surface area contributed by atoms with Gasteiger partial charge in [0, 0.05) is 6.20 Å². The Morgan fingerprint density at radius 3 is 3.00 bits per heavy atom. The molecule has 0 radical (unpaired) electrons. The second-order valence-corrected chi connectivity index (χ2v) is 2.98. The van der Waals surface area contributed by atoms with Crippen molar-refractivity contribution in [3.05, 3.63) is 29.0 Å². The third-order valence-corrected chi connectivity index (χ3v) is 1.85. The molecular weight excluding hydrogens is 192 g/mol. The van der Waals surface area contributed by atoms with Gasteiger partial charge in [0.25, 0.3) is 0 Å². The zero-order valence-corrected chi connectivity index (χ0v) is 7.53. The van der Waals surface area contributed by atoms with Gasteiger partial charge in [0.05, 0.1) is 23.2 Å². The number of nitrogens with two attached hydrogens (primary N) is 1. The molecule has 1 rings (SSSR count). The van der Waals surface area contributed by atoms with Crippen molar-refractivity contribution in [1.82, 2.24) is 4.98 Å². The van der Waals surface area contributed by atoms with Crippen LogP contribution in [-0.4, -0.2) is 16.1 Å². The standard InChI is InChI=1S/C8H9ClN2O2/c9-5-2-1-3-11-8(5)6(10)4-7(12)13/h1-3,6H,4,10H2,(H,12,13). The van der Waals surface area contributed by atoms with E-state index >= 15 is 0 Å². The SMILES string of the molecule is NC(CC(=O)O)c1ncccc1Cl. The van der Waals surface area contributed by atoms with Crippen LogP contribution in [0.1, 0.15) is 18.2 Å². The van der Waals surface area contributed by atoms with Gasteiger partial charge in [-0.1, -0.05) is 11.6 Å². The summed E-state index contributed by atoms with van der Waals surface area (Å²) < 4.78 is 0. The number of pyridine rings is 1. The van der Waals surface area contributed by atoms with Gasteiger partial charge in [-0.3, -0.25) is 9.78 Å². The van der Waals surface area contributed by atoms with Crippen molar-refractivity contribution in [2.45, 2.75) is 12.5 Å². The molecule has 1 aromatic rings. The molecule has 0 saturated heterocycles. The first-order valence-electron chi connectivity index (χ1n) is 3.69. The van der Waals surface area contributed by atoms with Gasteiger partial charge in [0.15, 0.2) is 0 Å². The lowest BCUT2D eigenvalue weighted by Gasteiger charge is -2.08. The normalized spacial score (nSPS) is 12.5. The first kappa shape index (κ1) is 9.95. The maximum Gasteiger partial charge on any atom is 0.305 e. The molecular formula is C8H9ClN2O2. The molecule has 0 aliphatic carbocycles. The Morgan fingerprint density at radius 2 is 2.46 bits per heavy atom. The summed E-state index contributed by atoms with van der Waals surface area (Å²) in [5, 5.41) is 8.88. The average Bonchev–Trinajstić information content (AvgIpc) is 2.03. The highest BCUT2D eigenvalue weighted by Crippen LogP contribution is 2.20. The molecule has 1 atom stereocenters. The molecule has 1 aromatic heterocycles. The topological polar surface area (TPSA) is 76.2 Å². The molecule has 0 fully saturated rings. The van der Waals surface area contributed by atoms with E-state index in [0.717, 1.165) is 0 Å². The summed E-state index contributed by atoms with van der Waals surface area (Å²) in [5.41, 5.74) is 5.99. The van der Waals surface area contributed by atoms with Crippen LogP contribution in [0.4, 0.5) is 0 Å². The van der Waals surface area contributed by atoms with Gasteiger partial charge in [-0.05, 0) is 12.1 Å². The summed E-state index contributed by atoms with van der Waals surface area (Å²) in [4.78, 5) is 14.3. The van der Waals surface area contributed by atoms with Crippen LogP contribution in [-0.2, 0) is 4.79 Å². The maximum atomic E-state index is 10.3. The maximum absolute atomic E-state index is 10.3. The predicted octanol–water partition coefficient (Wildman–Crippen LogP) is 1.21. The van der Waals surface area contributed by atoms with Crippen LogP contribution >= 0.6 is 11.6 Å². The molecule has 0 bridgehead atoms. The first-order valence-corrected chi connectivity index (χ1v) is 4.07. The van der Waals surface area contributed by atoms with Crippen LogP contribution in [0.2, 0.25) is 5.02 Å². The Bertz CT molecular complexity index is 317. The van der Waals surface area contributed by atoms with E-state index in [-0.39, 0.29) is 6.42 Å². The van der Waals surface area contributed by atoms with Gasteiger partial charge in [0.1, 0.15) is 0 Å². The summed E-state index contributed by atoms with van der Waals surface area (Å²) in [5.74, 6) is -0.964. The van der Waals surface area contributed by atoms with Gasteiger partial charge >= 0.3 is 5.97 Å². The van der Waals surface area contributed by atoms with Gasteiger partial charge < -0.3 is 10.8 Å². The van der Waals surface area contributed by atoms with Crippen molar-refractivity contribution in [3.8, 4) is 0 Å². The highest BCUT2D eigenvalue weighted by Gasteiger charge is 2.14. The number of aliphatic carboxylic acids is 1. The van der Waals surface area contributed by atoms with Crippen molar-refractivity contribution in [2.24, 2.45) is 5.73 Å². The van der Waals surface area contributed by atoms with Crippen LogP contribution in [0.5, 0.6) is 0 Å². The Kier molecular flexibility index (Phi) is 3.22. The van der Waals surface area contributed by atoms with Gasteiger partial charge in [-0.2, -0.15) is 0 Å². The largest absolute Gasteiger partial charge is 0.481 e. The molecule has 3 N–H and O–H groups in total. The van der Waals surface area contributed by atoms with E-state index in [0.29, 0.717) is 10.7 Å². The molecule has 0 spiro atoms. The van der Waals surface area contributed by atoms with Crippen molar-refractivity contribution in [2.75, 3.05) is 0 Å². The van der Waals surface area contributed by atoms with E-state index in [2.05, 4.69) is 4.98 Å². The number of carboxylic acids is 1.